The summed E-state index contributed by atoms with van der Waals surface area (Å²) in [5, 5.41) is 9.69. The third-order valence-corrected chi connectivity index (χ3v) is 2.31. The Morgan fingerprint density at radius 3 is 2.20 bits per heavy atom. The smallest absolute Gasteiger partial charge is 0.192 e. The van der Waals surface area contributed by atoms with E-state index in [4.69, 9.17) is 0 Å². The molecule has 0 aliphatic carbocycles. The van der Waals surface area contributed by atoms with Crippen LogP contribution in [0.15, 0.2) is 41.7 Å². The van der Waals surface area contributed by atoms with Crippen molar-refractivity contribution in [2.24, 2.45) is 5.92 Å². The van der Waals surface area contributed by atoms with Gasteiger partial charge in [0.1, 0.15) is 5.76 Å². The standard InChI is InChI=1S/C13H16O2/c1-9(2)12(14)10(3)13(15)11-7-5-4-6-8-11/h4-9,14H,1-3H3/b12-10-. The van der Waals surface area contributed by atoms with E-state index in [0.29, 0.717) is 11.1 Å². The number of allylic oxidation sites excluding steroid dienone is 2. The molecule has 0 bridgehead atoms. The van der Waals surface area contributed by atoms with Crippen molar-refractivity contribution in [1.29, 1.82) is 0 Å². The molecular formula is C13H16O2. The van der Waals surface area contributed by atoms with Crippen molar-refractivity contribution in [3.05, 3.63) is 47.2 Å². The van der Waals surface area contributed by atoms with Crippen LogP contribution in [-0.2, 0) is 0 Å². The SMILES string of the molecule is C/C(C(=O)c1ccccc1)=C(/O)C(C)C. The average Bonchev–Trinajstić information content (AvgIpc) is 2.27. The number of rotatable bonds is 3. The highest BCUT2D eigenvalue weighted by atomic mass is 16.3. The monoisotopic (exact) mass is 204 g/mol. The molecule has 0 heterocycles. The lowest BCUT2D eigenvalue weighted by atomic mass is 10.00. The highest BCUT2D eigenvalue weighted by Gasteiger charge is 2.13. The van der Waals surface area contributed by atoms with Gasteiger partial charge < -0.3 is 5.11 Å². The first-order chi connectivity index (χ1) is 7.04. The van der Waals surface area contributed by atoms with Gasteiger partial charge in [-0.15, -0.1) is 0 Å². The summed E-state index contributed by atoms with van der Waals surface area (Å²) >= 11 is 0. The molecule has 2 nitrogen and oxygen atoms in total. The molecule has 0 aliphatic rings. The Hall–Kier alpha value is -1.57. The molecule has 0 aliphatic heterocycles. The third-order valence-electron chi connectivity index (χ3n) is 2.31. The van der Waals surface area contributed by atoms with Crippen LogP contribution in [0.2, 0.25) is 0 Å². The first-order valence-corrected chi connectivity index (χ1v) is 5.03. The lowest BCUT2D eigenvalue weighted by Gasteiger charge is -2.08. The Bertz CT molecular complexity index is 375. The number of carbonyl (C=O) groups is 1. The van der Waals surface area contributed by atoms with Crippen molar-refractivity contribution in [1.82, 2.24) is 0 Å². The van der Waals surface area contributed by atoms with Crippen LogP contribution in [0, 0.1) is 5.92 Å². The molecule has 1 aromatic carbocycles. The fourth-order valence-electron chi connectivity index (χ4n) is 1.36. The van der Waals surface area contributed by atoms with Crippen LogP contribution in [0.5, 0.6) is 0 Å². The van der Waals surface area contributed by atoms with Gasteiger partial charge in [-0.3, -0.25) is 4.79 Å². The number of hydrogen-bond acceptors (Lipinski definition) is 2. The first kappa shape index (κ1) is 11.5. The maximum atomic E-state index is 11.9. The highest BCUT2D eigenvalue weighted by molar-refractivity contribution is 6.08. The summed E-state index contributed by atoms with van der Waals surface area (Å²) in [4.78, 5) is 11.9. The maximum Gasteiger partial charge on any atom is 0.192 e. The molecule has 0 aromatic heterocycles. The Labute approximate surface area is 90.3 Å². The minimum Gasteiger partial charge on any atom is -0.512 e. The zero-order valence-electron chi connectivity index (χ0n) is 9.32. The molecule has 80 valence electrons. The molecular weight excluding hydrogens is 188 g/mol. The van der Waals surface area contributed by atoms with Gasteiger partial charge in [0.25, 0.3) is 0 Å². The molecule has 0 radical (unpaired) electrons. The lowest BCUT2D eigenvalue weighted by Crippen LogP contribution is -2.06. The molecule has 0 saturated heterocycles. The molecule has 1 aromatic rings. The minimum absolute atomic E-state index is 0.0161. The maximum absolute atomic E-state index is 11.9. The van der Waals surface area contributed by atoms with Gasteiger partial charge >= 0.3 is 0 Å². The molecule has 0 fully saturated rings. The summed E-state index contributed by atoms with van der Waals surface area (Å²) in [7, 11) is 0. The van der Waals surface area contributed by atoms with Crippen LogP contribution < -0.4 is 0 Å². The molecule has 15 heavy (non-hydrogen) atoms. The van der Waals surface area contributed by atoms with Gasteiger partial charge in [-0.25, -0.2) is 0 Å². The molecule has 0 saturated carbocycles. The van der Waals surface area contributed by atoms with E-state index in [1.165, 1.54) is 0 Å². The van der Waals surface area contributed by atoms with Crippen LogP contribution in [-0.4, -0.2) is 10.9 Å². The second-order valence-corrected chi connectivity index (χ2v) is 3.86. The summed E-state index contributed by atoms with van der Waals surface area (Å²) < 4.78 is 0. The molecule has 0 atom stereocenters. The topological polar surface area (TPSA) is 37.3 Å². The van der Waals surface area contributed by atoms with Gasteiger partial charge in [-0.05, 0) is 6.92 Å². The van der Waals surface area contributed by atoms with E-state index in [0.717, 1.165) is 0 Å². The fraction of sp³-hybridized carbons (Fsp3) is 0.308. The Morgan fingerprint density at radius 1 is 1.20 bits per heavy atom. The van der Waals surface area contributed by atoms with Gasteiger partial charge in [0.15, 0.2) is 5.78 Å². The molecule has 1 rings (SSSR count). The Kier molecular flexibility index (Phi) is 3.67. The minimum atomic E-state index is -0.109. The van der Waals surface area contributed by atoms with Crippen molar-refractivity contribution >= 4 is 5.78 Å². The zero-order chi connectivity index (χ0) is 11.4. The van der Waals surface area contributed by atoms with E-state index in [1.54, 1.807) is 19.1 Å². The highest BCUT2D eigenvalue weighted by Crippen LogP contribution is 2.15. The van der Waals surface area contributed by atoms with Crippen molar-refractivity contribution in [2.75, 3.05) is 0 Å². The van der Waals surface area contributed by atoms with Crippen LogP contribution >= 0.6 is 0 Å². The predicted octanol–water partition coefficient (Wildman–Crippen LogP) is 3.36. The van der Waals surface area contributed by atoms with Crippen LogP contribution in [0.3, 0.4) is 0 Å². The second-order valence-electron chi connectivity index (χ2n) is 3.86. The molecule has 0 unspecified atom stereocenters. The van der Waals surface area contributed by atoms with E-state index in [9.17, 15) is 9.90 Å². The molecule has 2 heteroatoms. The number of aliphatic hydroxyl groups excluding tert-OH is 1. The average molecular weight is 204 g/mol. The largest absolute Gasteiger partial charge is 0.512 e. The van der Waals surface area contributed by atoms with E-state index in [1.807, 2.05) is 32.0 Å². The summed E-state index contributed by atoms with van der Waals surface area (Å²) in [6, 6.07) is 8.98. The van der Waals surface area contributed by atoms with Crippen LogP contribution in [0.1, 0.15) is 31.1 Å². The summed E-state index contributed by atoms with van der Waals surface area (Å²) in [6.45, 7) is 5.37. The normalized spacial score (nSPS) is 12.5. The van der Waals surface area contributed by atoms with Crippen LogP contribution in [0.4, 0.5) is 0 Å². The first-order valence-electron chi connectivity index (χ1n) is 5.03. The van der Waals surface area contributed by atoms with E-state index >= 15 is 0 Å². The van der Waals surface area contributed by atoms with Gasteiger partial charge in [-0.1, -0.05) is 44.2 Å². The van der Waals surface area contributed by atoms with E-state index < -0.39 is 0 Å². The molecule has 0 spiro atoms. The second kappa shape index (κ2) is 4.78. The predicted molar refractivity (Wildman–Crippen MR) is 60.9 cm³/mol. The van der Waals surface area contributed by atoms with Gasteiger partial charge in [0, 0.05) is 17.1 Å². The number of benzene rings is 1. The van der Waals surface area contributed by atoms with Crippen molar-refractivity contribution < 1.29 is 9.90 Å². The lowest BCUT2D eigenvalue weighted by molar-refractivity contribution is 0.102. The number of ketones is 1. The van der Waals surface area contributed by atoms with E-state index in [2.05, 4.69) is 0 Å². The van der Waals surface area contributed by atoms with Gasteiger partial charge in [0.2, 0.25) is 0 Å². The summed E-state index contributed by atoms with van der Waals surface area (Å²) in [5.74, 6) is 0.0447. The molecule has 0 amide bonds. The zero-order valence-corrected chi connectivity index (χ0v) is 9.32. The molecule has 1 N–H and O–H groups in total. The van der Waals surface area contributed by atoms with Gasteiger partial charge in [-0.2, -0.15) is 0 Å². The summed E-state index contributed by atoms with van der Waals surface area (Å²) in [6.07, 6.45) is 0. The van der Waals surface area contributed by atoms with Crippen LogP contribution in [0.25, 0.3) is 0 Å². The van der Waals surface area contributed by atoms with Gasteiger partial charge in [0.05, 0.1) is 0 Å². The Morgan fingerprint density at radius 2 is 1.73 bits per heavy atom. The Balaban J connectivity index is 3.01. The third kappa shape index (κ3) is 2.69. The quantitative estimate of drug-likeness (QED) is 0.465. The van der Waals surface area contributed by atoms with Crippen molar-refractivity contribution in [3.8, 4) is 0 Å². The van der Waals surface area contributed by atoms with Crippen molar-refractivity contribution in [2.45, 2.75) is 20.8 Å². The number of hydrogen-bond donors (Lipinski definition) is 1. The van der Waals surface area contributed by atoms with E-state index in [-0.39, 0.29) is 17.5 Å². The summed E-state index contributed by atoms with van der Waals surface area (Å²) in [5.41, 5.74) is 1.04. The number of carbonyl (C=O) groups excluding carboxylic acids is 1. The van der Waals surface area contributed by atoms with Crippen molar-refractivity contribution in [3.63, 3.8) is 0 Å². The fourth-order valence-corrected chi connectivity index (χ4v) is 1.36. The number of Topliss-reactive ketones (excluding diaryl/α,β-unsaturated/α-hetero) is 1. The number of aliphatic hydroxyl groups is 1.